The van der Waals surface area contributed by atoms with Gasteiger partial charge in [0.05, 0.1) is 11.2 Å². The van der Waals surface area contributed by atoms with E-state index in [1.807, 2.05) is 0 Å². The summed E-state index contributed by atoms with van der Waals surface area (Å²) < 4.78 is 12.1. The first-order valence-corrected chi connectivity index (χ1v) is 6.08. The Bertz CT molecular complexity index is 307. The normalized spacial score (nSPS) is 28.7. The van der Waals surface area contributed by atoms with Crippen LogP contribution in [-0.2, 0) is 9.31 Å². The van der Waals surface area contributed by atoms with E-state index in [9.17, 15) is 0 Å². The summed E-state index contributed by atoms with van der Waals surface area (Å²) in [6.45, 7) is 12.5. The molecule has 1 fully saturated rings. The lowest BCUT2D eigenvalue weighted by Crippen LogP contribution is -2.41. The second-order valence-electron chi connectivity index (χ2n) is 5.82. The standard InChI is InChI=1S/C12H22BNO2/c1-9-8-14-7-6-10(9)13-15-11(2,3)12(4,5)16-13/h14H,6-8H2,1-5H3. The molecule has 0 atom stereocenters. The van der Waals surface area contributed by atoms with Crippen LogP contribution in [0, 0.1) is 0 Å². The second kappa shape index (κ2) is 3.86. The van der Waals surface area contributed by atoms with E-state index in [2.05, 4.69) is 39.9 Å². The van der Waals surface area contributed by atoms with Crippen molar-refractivity contribution in [2.24, 2.45) is 0 Å². The van der Waals surface area contributed by atoms with Gasteiger partial charge in [-0.1, -0.05) is 5.57 Å². The summed E-state index contributed by atoms with van der Waals surface area (Å²) in [5, 5.41) is 3.36. The lowest BCUT2D eigenvalue weighted by atomic mass is 9.72. The first-order chi connectivity index (χ1) is 7.33. The molecule has 2 aliphatic heterocycles. The number of nitrogens with one attached hydrogen (secondary N) is 1. The molecule has 0 spiro atoms. The predicted molar refractivity (Wildman–Crippen MR) is 66.3 cm³/mol. The largest absolute Gasteiger partial charge is 0.490 e. The van der Waals surface area contributed by atoms with Crippen molar-refractivity contribution in [2.45, 2.75) is 52.2 Å². The molecule has 0 saturated carbocycles. The van der Waals surface area contributed by atoms with E-state index in [0.717, 1.165) is 19.5 Å². The molecular weight excluding hydrogens is 201 g/mol. The minimum absolute atomic E-state index is 0.146. The van der Waals surface area contributed by atoms with Crippen LogP contribution in [0.25, 0.3) is 0 Å². The smallest absolute Gasteiger partial charge is 0.400 e. The van der Waals surface area contributed by atoms with Crippen LogP contribution in [0.2, 0.25) is 0 Å². The SMILES string of the molecule is CC1=C(B2OC(C)(C)C(C)(C)O2)CCNC1. The molecule has 1 N–H and O–H groups in total. The van der Waals surface area contributed by atoms with Gasteiger partial charge in [0.15, 0.2) is 0 Å². The highest BCUT2D eigenvalue weighted by Crippen LogP contribution is 2.39. The second-order valence-corrected chi connectivity index (χ2v) is 5.82. The maximum atomic E-state index is 6.07. The molecule has 2 rings (SSSR count). The van der Waals surface area contributed by atoms with Crippen molar-refractivity contribution in [2.75, 3.05) is 13.1 Å². The molecule has 3 nitrogen and oxygen atoms in total. The number of hydrogen-bond donors (Lipinski definition) is 1. The van der Waals surface area contributed by atoms with Gasteiger partial charge in [0.25, 0.3) is 0 Å². The Kier molecular flexibility index (Phi) is 2.93. The molecule has 2 aliphatic rings. The third kappa shape index (κ3) is 1.94. The van der Waals surface area contributed by atoms with Crippen molar-refractivity contribution >= 4 is 7.12 Å². The molecule has 16 heavy (non-hydrogen) atoms. The Morgan fingerprint density at radius 3 is 2.19 bits per heavy atom. The Hall–Kier alpha value is -0.315. The number of hydrogen-bond acceptors (Lipinski definition) is 3. The molecule has 0 aromatic rings. The van der Waals surface area contributed by atoms with Crippen LogP contribution >= 0.6 is 0 Å². The topological polar surface area (TPSA) is 30.5 Å². The Labute approximate surface area is 98.7 Å². The third-order valence-electron chi connectivity index (χ3n) is 4.05. The third-order valence-corrected chi connectivity index (χ3v) is 4.05. The van der Waals surface area contributed by atoms with E-state index >= 15 is 0 Å². The zero-order valence-electron chi connectivity index (χ0n) is 11.0. The first kappa shape index (κ1) is 12.2. The summed E-state index contributed by atoms with van der Waals surface area (Å²) in [6.07, 6.45) is 1.03. The van der Waals surface area contributed by atoms with Gasteiger partial charge in [-0.25, -0.2) is 0 Å². The molecule has 2 heterocycles. The first-order valence-electron chi connectivity index (χ1n) is 6.08. The van der Waals surface area contributed by atoms with E-state index in [0.29, 0.717) is 0 Å². The number of rotatable bonds is 1. The van der Waals surface area contributed by atoms with Gasteiger partial charge in [-0.2, -0.15) is 0 Å². The lowest BCUT2D eigenvalue weighted by Gasteiger charge is -2.32. The summed E-state index contributed by atoms with van der Waals surface area (Å²) in [5.41, 5.74) is 2.24. The molecule has 0 bridgehead atoms. The van der Waals surface area contributed by atoms with Gasteiger partial charge in [0.2, 0.25) is 0 Å². The van der Waals surface area contributed by atoms with E-state index in [1.54, 1.807) is 0 Å². The van der Waals surface area contributed by atoms with Gasteiger partial charge >= 0.3 is 7.12 Å². The zero-order valence-corrected chi connectivity index (χ0v) is 11.0. The van der Waals surface area contributed by atoms with Crippen molar-refractivity contribution < 1.29 is 9.31 Å². The maximum Gasteiger partial charge on any atom is 0.490 e. The summed E-state index contributed by atoms with van der Waals surface area (Å²) in [4.78, 5) is 0. The molecule has 90 valence electrons. The minimum atomic E-state index is -0.226. The van der Waals surface area contributed by atoms with Gasteiger partial charge in [-0.05, 0) is 53.1 Å². The van der Waals surface area contributed by atoms with Crippen LogP contribution in [0.1, 0.15) is 41.0 Å². The van der Waals surface area contributed by atoms with Crippen LogP contribution in [0.15, 0.2) is 11.0 Å². The summed E-state index contributed by atoms with van der Waals surface area (Å²) in [6, 6.07) is 0. The van der Waals surface area contributed by atoms with Crippen molar-refractivity contribution in [3.8, 4) is 0 Å². The highest BCUT2D eigenvalue weighted by Gasteiger charge is 2.52. The molecular formula is C12H22BNO2. The minimum Gasteiger partial charge on any atom is -0.400 e. The summed E-state index contributed by atoms with van der Waals surface area (Å²) >= 11 is 0. The van der Waals surface area contributed by atoms with E-state index in [4.69, 9.17) is 9.31 Å². The van der Waals surface area contributed by atoms with Gasteiger partial charge in [0, 0.05) is 6.54 Å². The average molecular weight is 223 g/mol. The van der Waals surface area contributed by atoms with Crippen molar-refractivity contribution in [3.63, 3.8) is 0 Å². The zero-order chi connectivity index (χ0) is 12.0. The fourth-order valence-corrected chi connectivity index (χ4v) is 2.13. The molecule has 4 heteroatoms. The fraction of sp³-hybridized carbons (Fsp3) is 0.833. The molecule has 0 radical (unpaired) electrons. The van der Waals surface area contributed by atoms with Crippen LogP contribution in [0.5, 0.6) is 0 Å². The van der Waals surface area contributed by atoms with Crippen LogP contribution < -0.4 is 5.32 Å². The fourth-order valence-electron chi connectivity index (χ4n) is 2.13. The van der Waals surface area contributed by atoms with Crippen LogP contribution in [0.4, 0.5) is 0 Å². The Balaban J connectivity index is 2.20. The van der Waals surface area contributed by atoms with Crippen molar-refractivity contribution in [1.82, 2.24) is 5.32 Å². The monoisotopic (exact) mass is 223 g/mol. The Morgan fingerprint density at radius 1 is 1.12 bits per heavy atom. The predicted octanol–water partition coefficient (Wildman–Crippen LogP) is 1.93. The summed E-state index contributed by atoms with van der Waals surface area (Å²) in [5.74, 6) is 0. The molecule has 1 saturated heterocycles. The summed E-state index contributed by atoms with van der Waals surface area (Å²) in [7, 11) is -0.146. The van der Waals surface area contributed by atoms with Crippen molar-refractivity contribution in [3.05, 3.63) is 11.0 Å². The van der Waals surface area contributed by atoms with Gasteiger partial charge in [-0.15, -0.1) is 0 Å². The highest BCUT2D eigenvalue weighted by molar-refractivity contribution is 6.54. The highest BCUT2D eigenvalue weighted by atomic mass is 16.7. The van der Waals surface area contributed by atoms with E-state index < -0.39 is 0 Å². The average Bonchev–Trinajstić information content (AvgIpc) is 2.36. The molecule has 0 aliphatic carbocycles. The van der Waals surface area contributed by atoms with Gasteiger partial charge in [0.1, 0.15) is 0 Å². The Morgan fingerprint density at radius 2 is 1.69 bits per heavy atom. The molecule has 0 aromatic heterocycles. The van der Waals surface area contributed by atoms with Crippen LogP contribution in [0.3, 0.4) is 0 Å². The molecule has 0 unspecified atom stereocenters. The lowest BCUT2D eigenvalue weighted by molar-refractivity contribution is 0.00578. The maximum absolute atomic E-state index is 6.07. The molecule has 0 amide bonds. The quantitative estimate of drug-likeness (QED) is 0.689. The van der Waals surface area contributed by atoms with Gasteiger partial charge < -0.3 is 14.6 Å². The van der Waals surface area contributed by atoms with Gasteiger partial charge in [-0.3, -0.25) is 0 Å². The van der Waals surface area contributed by atoms with Crippen molar-refractivity contribution in [1.29, 1.82) is 0 Å². The molecule has 0 aromatic carbocycles. The van der Waals surface area contributed by atoms with Crippen LogP contribution in [-0.4, -0.2) is 31.4 Å². The van der Waals surface area contributed by atoms with E-state index in [1.165, 1.54) is 11.0 Å². The van der Waals surface area contributed by atoms with E-state index in [-0.39, 0.29) is 18.3 Å².